The average molecular weight is 918 g/mol. The maximum Gasteiger partial charge on any atom is 0.208 e. The Kier molecular flexibility index (Phi) is 12.7. The molecule has 0 fully saturated rings. The summed E-state index contributed by atoms with van der Waals surface area (Å²) < 4.78 is 0. The maximum atomic E-state index is 12.4. The van der Waals surface area contributed by atoms with Crippen molar-refractivity contribution in [1.82, 2.24) is 0 Å². The van der Waals surface area contributed by atoms with E-state index in [-0.39, 0.29) is 17.2 Å². The van der Waals surface area contributed by atoms with Crippen LogP contribution in [0.2, 0.25) is 0 Å². The summed E-state index contributed by atoms with van der Waals surface area (Å²) in [5.41, 5.74) is 9.74. The monoisotopic (exact) mass is 917 g/mol. The van der Waals surface area contributed by atoms with Crippen molar-refractivity contribution < 1.29 is 40.9 Å². The normalized spacial score (nSPS) is 15.1. The summed E-state index contributed by atoms with van der Waals surface area (Å²) >= 11 is 0. The van der Waals surface area contributed by atoms with Crippen LogP contribution in [0.4, 0.5) is 17.1 Å². The molecule has 8 N–H and O–H groups in total. The van der Waals surface area contributed by atoms with E-state index in [0.717, 1.165) is 61.2 Å². The number of nitrogens with zero attached hydrogens (tertiary/aromatic N) is 1. The summed E-state index contributed by atoms with van der Waals surface area (Å²) in [7, 11) is 0. The molecule has 0 aromatic heterocycles. The van der Waals surface area contributed by atoms with Gasteiger partial charge in [-0.25, -0.2) is 0 Å². The zero-order valence-corrected chi connectivity index (χ0v) is 39.2. The Morgan fingerprint density at radius 3 is 1.81 bits per heavy atom. The predicted octanol–water partition coefficient (Wildman–Crippen LogP) is 14.2. The number of benzene rings is 7. The van der Waals surface area contributed by atoms with Gasteiger partial charge < -0.3 is 45.8 Å². The topological polar surface area (TPSA) is 165 Å². The van der Waals surface area contributed by atoms with Crippen molar-refractivity contribution in [1.29, 1.82) is 0 Å². The van der Waals surface area contributed by atoms with Crippen LogP contribution in [0.5, 0.6) is 46.0 Å². The summed E-state index contributed by atoms with van der Waals surface area (Å²) in [6.07, 6.45) is 10.3. The van der Waals surface area contributed by atoms with Crippen molar-refractivity contribution in [2.75, 3.05) is 4.90 Å². The van der Waals surface area contributed by atoms with E-state index in [1.807, 2.05) is 110 Å². The number of fused-ring (bicyclic) bond motifs is 1. The van der Waals surface area contributed by atoms with E-state index >= 15 is 0 Å². The van der Waals surface area contributed by atoms with Gasteiger partial charge in [-0.1, -0.05) is 154 Å². The van der Waals surface area contributed by atoms with Gasteiger partial charge in [-0.15, -0.1) is 0 Å². The van der Waals surface area contributed by atoms with E-state index in [0.29, 0.717) is 17.8 Å². The molecule has 2 atom stereocenters. The number of phenols is 8. The summed E-state index contributed by atoms with van der Waals surface area (Å²) in [5.74, 6) is -8.24. The van der Waals surface area contributed by atoms with Gasteiger partial charge in [0, 0.05) is 28.4 Å². The first-order valence-electron chi connectivity index (χ1n) is 22.7. The third-order valence-electron chi connectivity index (χ3n) is 13.6. The largest absolute Gasteiger partial charge is 0.505 e. The molecule has 0 saturated heterocycles. The van der Waals surface area contributed by atoms with Crippen LogP contribution < -0.4 is 4.90 Å². The molecule has 0 heterocycles. The Morgan fingerprint density at radius 2 is 1.20 bits per heavy atom. The van der Waals surface area contributed by atoms with Crippen molar-refractivity contribution >= 4 is 22.6 Å². The highest BCUT2D eigenvalue weighted by Gasteiger charge is 2.47. The van der Waals surface area contributed by atoms with Gasteiger partial charge in [0.05, 0.1) is 11.0 Å². The van der Waals surface area contributed by atoms with Crippen molar-refractivity contribution in [3.8, 4) is 68.2 Å². The summed E-state index contributed by atoms with van der Waals surface area (Å²) in [4.78, 5) is 1.63. The first-order chi connectivity index (χ1) is 33.2. The van der Waals surface area contributed by atoms with Crippen LogP contribution in [-0.4, -0.2) is 40.9 Å². The van der Waals surface area contributed by atoms with Gasteiger partial charge in [-0.2, -0.15) is 0 Å². The fourth-order valence-corrected chi connectivity index (χ4v) is 10.3. The van der Waals surface area contributed by atoms with Gasteiger partial charge in [0.1, 0.15) is 11.4 Å². The molecular weight excluding hydrogens is 863 g/mol. The Balaban J connectivity index is 1.41. The average Bonchev–Trinajstić information content (AvgIpc) is 3.65. The van der Waals surface area contributed by atoms with Gasteiger partial charge in [0.2, 0.25) is 17.2 Å². The first kappa shape index (κ1) is 47.0. The number of aromatic hydroxyl groups is 8. The fraction of sp³-hybridized carbons (Fsp3) is 0.133. The number of aryl methyl sites for hydroxylation is 1. The van der Waals surface area contributed by atoms with Crippen molar-refractivity contribution in [2.24, 2.45) is 0 Å². The van der Waals surface area contributed by atoms with E-state index < -0.39 is 62.5 Å². The summed E-state index contributed by atoms with van der Waals surface area (Å²) in [6, 6.07) is 40.3. The molecule has 1 unspecified atom stereocenters. The minimum absolute atomic E-state index is 0.0711. The molecule has 0 saturated carbocycles. The molecule has 69 heavy (non-hydrogen) atoms. The lowest BCUT2D eigenvalue weighted by molar-refractivity contribution is 0.329. The fourth-order valence-electron chi connectivity index (χ4n) is 10.3. The quantitative estimate of drug-likeness (QED) is 0.0319. The highest BCUT2D eigenvalue weighted by molar-refractivity contribution is 5.98. The predicted molar refractivity (Wildman–Crippen MR) is 276 cm³/mol. The second-order valence-corrected chi connectivity index (χ2v) is 17.2. The van der Waals surface area contributed by atoms with Crippen molar-refractivity contribution in [3.05, 3.63) is 215 Å². The van der Waals surface area contributed by atoms with Crippen LogP contribution in [-0.2, 0) is 5.41 Å². The molecule has 0 amide bonds. The molecule has 348 valence electrons. The van der Waals surface area contributed by atoms with E-state index in [2.05, 4.69) is 76.4 Å². The molecule has 0 bridgehead atoms. The smallest absolute Gasteiger partial charge is 0.208 e. The Morgan fingerprint density at radius 1 is 0.623 bits per heavy atom. The summed E-state index contributed by atoms with van der Waals surface area (Å²) in [6.45, 7) is 18.1. The molecular formula is C60H55NO8. The second kappa shape index (κ2) is 18.6. The van der Waals surface area contributed by atoms with Crippen LogP contribution in [0.3, 0.4) is 0 Å². The van der Waals surface area contributed by atoms with Crippen LogP contribution in [0.15, 0.2) is 176 Å². The third-order valence-corrected chi connectivity index (χ3v) is 13.6. The van der Waals surface area contributed by atoms with Crippen LogP contribution in [0.1, 0.15) is 72.1 Å². The lowest BCUT2D eigenvalue weighted by Gasteiger charge is -2.37. The van der Waals surface area contributed by atoms with Gasteiger partial charge >= 0.3 is 0 Å². The Hall–Kier alpha value is -8.56. The molecule has 7 aromatic rings. The summed E-state index contributed by atoms with van der Waals surface area (Å²) in [5, 5.41) is 89.9. The zero-order valence-electron chi connectivity index (χ0n) is 39.2. The minimum Gasteiger partial charge on any atom is -0.505 e. The molecule has 8 rings (SSSR count). The minimum atomic E-state index is -1.21. The van der Waals surface area contributed by atoms with E-state index in [9.17, 15) is 40.9 Å². The van der Waals surface area contributed by atoms with Crippen LogP contribution in [0.25, 0.3) is 27.8 Å². The number of allylic oxidation sites excluding steroid dienone is 8. The van der Waals surface area contributed by atoms with Crippen molar-refractivity contribution in [2.45, 2.75) is 52.4 Å². The van der Waals surface area contributed by atoms with Crippen LogP contribution in [0, 0.1) is 13.8 Å². The molecule has 7 aromatic carbocycles. The number of hydrogen-bond acceptors (Lipinski definition) is 9. The molecule has 9 nitrogen and oxygen atoms in total. The lowest BCUT2D eigenvalue weighted by atomic mass is 9.65. The van der Waals surface area contributed by atoms with Gasteiger partial charge in [0.25, 0.3) is 0 Å². The SMILES string of the molecule is C=C/C=C(\C=C)C1(c2ccccc2)C(CC)=C(/C=C\C)c2ccc(N(c3ccc([C@@H](C)c4ccccc4-c4ccccc4C)cc3)c3c(O)c(C)c(-c4c(O)c(O)c(O)c(O)c4O)c(O)c3O)cc21. The molecule has 0 spiro atoms. The standard InChI is InChI=1S/C60H55NO8/c1-8-19-38(10-3)60(39-22-13-12-14-23-39)47(11-4)45(20-9-2)46-32-31-41(33-48(46)60)61(51-52(62)36(7)49(53(63)56(51)66)50-54(64)57(67)59(69)58(68)55(50)65)40-29-27-37(28-30-40)35(6)43-25-17-18-26-44(43)42-24-16-15-21-34(42)5/h8-10,12-33,35,62-69H,1,3,11H2,2,4-7H3/b20-9-,38-19+/t35-,60?/m1/s1. The Bertz CT molecular complexity index is 3210. The highest BCUT2D eigenvalue weighted by Crippen LogP contribution is 2.63. The molecule has 9 heteroatoms. The molecule has 0 aliphatic heterocycles. The highest BCUT2D eigenvalue weighted by atomic mass is 16.4. The van der Waals surface area contributed by atoms with Gasteiger partial charge in [-0.05, 0) is 113 Å². The van der Waals surface area contributed by atoms with Crippen molar-refractivity contribution in [3.63, 3.8) is 0 Å². The van der Waals surface area contributed by atoms with Gasteiger partial charge in [0.15, 0.2) is 23.0 Å². The lowest BCUT2D eigenvalue weighted by Crippen LogP contribution is -2.30. The van der Waals surface area contributed by atoms with E-state index in [1.165, 1.54) is 6.92 Å². The van der Waals surface area contributed by atoms with E-state index in [4.69, 9.17) is 0 Å². The third kappa shape index (κ3) is 7.43. The number of rotatable bonds is 13. The first-order valence-corrected chi connectivity index (χ1v) is 22.7. The zero-order chi connectivity index (χ0) is 49.5. The molecule has 0 radical (unpaired) electrons. The van der Waals surface area contributed by atoms with Crippen LogP contribution >= 0.6 is 0 Å². The van der Waals surface area contributed by atoms with E-state index in [1.54, 1.807) is 11.0 Å². The Labute approximate surface area is 402 Å². The molecule has 1 aliphatic carbocycles. The molecule has 1 aliphatic rings. The number of anilines is 3. The number of phenolic OH excluding ortho intramolecular Hbond substituents is 8. The number of hydrogen-bond donors (Lipinski definition) is 8. The maximum absolute atomic E-state index is 12.4. The van der Waals surface area contributed by atoms with Gasteiger partial charge in [-0.3, -0.25) is 0 Å². The second-order valence-electron chi connectivity index (χ2n) is 17.2.